The molecule has 1 aromatic heterocycles. The summed E-state index contributed by atoms with van der Waals surface area (Å²) in [5, 5.41) is 13.1. The zero-order valence-electron chi connectivity index (χ0n) is 9.02. The highest BCUT2D eigenvalue weighted by atomic mass is 16.5. The van der Waals surface area contributed by atoms with Gasteiger partial charge in [0.25, 0.3) is 0 Å². The molecule has 1 saturated heterocycles. The minimum atomic E-state index is 0.219. The molecule has 84 valence electrons. The molecule has 1 atom stereocenters. The first kappa shape index (κ1) is 10.6. The van der Waals surface area contributed by atoms with Gasteiger partial charge in [0.05, 0.1) is 13.2 Å². The smallest absolute Gasteiger partial charge is 0.223 e. The van der Waals surface area contributed by atoms with Gasteiger partial charge in [-0.1, -0.05) is 11.6 Å². The molecule has 0 bridgehead atoms. The summed E-state index contributed by atoms with van der Waals surface area (Å²) in [6.07, 6.45) is 3.45. The average molecular weight is 211 g/mol. The summed E-state index contributed by atoms with van der Waals surface area (Å²) < 4.78 is 4.92. The number of piperidine rings is 1. The molecule has 1 aromatic rings. The Balaban J connectivity index is 1.97. The Morgan fingerprint density at radius 1 is 1.53 bits per heavy atom. The van der Waals surface area contributed by atoms with E-state index in [4.69, 9.17) is 4.52 Å². The summed E-state index contributed by atoms with van der Waals surface area (Å²) in [5.41, 5.74) is 0. The molecule has 0 aliphatic carbocycles. The molecule has 0 saturated carbocycles. The summed E-state index contributed by atoms with van der Waals surface area (Å²) in [6.45, 7) is 3.70. The van der Waals surface area contributed by atoms with E-state index in [0.29, 0.717) is 18.3 Å². The molecular weight excluding hydrogens is 194 g/mol. The number of likely N-dealkylation sites (tertiary alicyclic amines) is 1. The van der Waals surface area contributed by atoms with Crippen molar-refractivity contribution in [3.05, 3.63) is 11.7 Å². The second-order valence-electron chi connectivity index (χ2n) is 4.03. The second kappa shape index (κ2) is 4.72. The van der Waals surface area contributed by atoms with Crippen LogP contribution in [0.3, 0.4) is 0 Å². The second-order valence-corrected chi connectivity index (χ2v) is 4.03. The zero-order chi connectivity index (χ0) is 10.7. The van der Waals surface area contributed by atoms with Gasteiger partial charge >= 0.3 is 0 Å². The van der Waals surface area contributed by atoms with E-state index in [1.54, 1.807) is 6.92 Å². The van der Waals surface area contributed by atoms with E-state index in [-0.39, 0.29) is 12.6 Å². The fourth-order valence-electron chi connectivity index (χ4n) is 2.06. The summed E-state index contributed by atoms with van der Waals surface area (Å²) in [4.78, 5) is 6.40. The van der Waals surface area contributed by atoms with Gasteiger partial charge in [0.1, 0.15) is 0 Å². The predicted molar refractivity (Wildman–Crippen MR) is 54.2 cm³/mol. The quantitative estimate of drug-likeness (QED) is 0.798. The van der Waals surface area contributed by atoms with Crippen molar-refractivity contribution >= 4 is 0 Å². The van der Waals surface area contributed by atoms with Crippen molar-refractivity contribution in [1.82, 2.24) is 15.0 Å². The maximum atomic E-state index is 9.24. The number of aromatic nitrogens is 2. The van der Waals surface area contributed by atoms with Crippen molar-refractivity contribution in [2.75, 3.05) is 13.2 Å². The Labute approximate surface area is 89.1 Å². The van der Waals surface area contributed by atoms with Crippen LogP contribution >= 0.6 is 0 Å². The fourth-order valence-corrected chi connectivity index (χ4v) is 2.06. The molecule has 5 nitrogen and oxygen atoms in total. The van der Waals surface area contributed by atoms with Crippen LogP contribution in [0.2, 0.25) is 0 Å². The monoisotopic (exact) mass is 211 g/mol. The minimum absolute atomic E-state index is 0.219. The molecule has 5 heteroatoms. The normalized spacial score (nSPS) is 23.2. The lowest BCUT2D eigenvalue weighted by molar-refractivity contribution is 0.0812. The number of hydrogen-bond acceptors (Lipinski definition) is 5. The molecule has 1 fully saturated rings. The van der Waals surface area contributed by atoms with Crippen LogP contribution in [0.1, 0.15) is 31.0 Å². The van der Waals surface area contributed by atoms with Crippen molar-refractivity contribution in [2.24, 2.45) is 0 Å². The Morgan fingerprint density at radius 3 is 3.07 bits per heavy atom. The van der Waals surface area contributed by atoms with E-state index in [1.807, 2.05) is 0 Å². The molecule has 0 spiro atoms. The standard InChI is InChI=1S/C10H17N3O2/c1-8-11-10(12-15-8)6-13-5-3-2-4-9(13)7-14/h9,14H,2-7H2,1H3. The summed E-state index contributed by atoms with van der Waals surface area (Å²) in [7, 11) is 0. The first-order valence-electron chi connectivity index (χ1n) is 5.43. The lowest BCUT2D eigenvalue weighted by Crippen LogP contribution is -2.41. The lowest BCUT2D eigenvalue weighted by atomic mass is 10.0. The predicted octanol–water partition coefficient (Wildman–Crippen LogP) is 0.725. The minimum Gasteiger partial charge on any atom is -0.395 e. The van der Waals surface area contributed by atoms with E-state index in [9.17, 15) is 5.11 Å². The number of rotatable bonds is 3. The maximum Gasteiger partial charge on any atom is 0.223 e. The Morgan fingerprint density at radius 2 is 2.40 bits per heavy atom. The molecule has 1 N–H and O–H groups in total. The van der Waals surface area contributed by atoms with Gasteiger partial charge in [0.15, 0.2) is 5.82 Å². The maximum absolute atomic E-state index is 9.24. The molecule has 1 aliphatic rings. The highest BCUT2D eigenvalue weighted by Gasteiger charge is 2.22. The largest absolute Gasteiger partial charge is 0.395 e. The van der Waals surface area contributed by atoms with Gasteiger partial charge in [0, 0.05) is 13.0 Å². The average Bonchev–Trinajstić information content (AvgIpc) is 2.65. The van der Waals surface area contributed by atoms with Crippen LogP contribution in [0, 0.1) is 6.92 Å². The number of hydrogen-bond donors (Lipinski definition) is 1. The molecule has 15 heavy (non-hydrogen) atoms. The summed E-state index contributed by atoms with van der Waals surface area (Å²) in [6, 6.07) is 0.262. The van der Waals surface area contributed by atoms with Crippen molar-refractivity contribution in [1.29, 1.82) is 0 Å². The van der Waals surface area contributed by atoms with Crippen LogP contribution in [0.15, 0.2) is 4.52 Å². The number of aryl methyl sites for hydroxylation is 1. The van der Waals surface area contributed by atoms with Crippen LogP contribution in [-0.2, 0) is 6.54 Å². The van der Waals surface area contributed by atoms with Gasteiger partial charge in [0.2, 0.25) is 5.89 Å². The molecule has 1 aliphatic heterocycles. The van der Waals surface area contributed by atoms with Crippen LogP contribution in [0.25, 0.3) is 0 Å². The molecular formula is C10H17N3O2. The van der Waals surface area contributed by atoms with Crippen LogP contribution in [-0.4, -0.2) is 39.3 Å². The van der Waals surface area contributed by atoms with Crippen LogP contribution < -0.4 is 0 Å². The van der Waals surface area contributed by atoms with Crippen LogP contribution in [0.5, 0.6) is 0 Å². The van der Waals surface area contributed by atoms with Gasteiger partial charge in [-0.05, 0) is 19.4 Å². The van der Waals surface area contributed by atoms with E-state index >= 15 is 0 Å². The van der Waals surface area contributed by atoms with E-state index < -0.39 is 0 Å². The van der Waals surface area contributed by atoms with E-state index in [0.717, 1.165) is 13.0 Å². The SMILES string of the molecule is Cc1nc(CN2CCCCC2CO)no1. The van der Waals surface area contributed by atoms with Crippen molar-refractivity contribution < 1.29 is 9.63 Å². The number of nitrogens with zero attached hydrogens (tertiary/aromatic N) is 3. The fraction of sp³-hybridized carbons (Fsp3) is 0.800. The zero-order valence-corrected chi connectivity index (χ0v) is 9.02. The molecule has 0 aromatic carbocycles. The molecule has 1 unspecified atom stereocenters. The Kier molecular flexibility index (Phi) is 3.33. The highest BCUT2D eigenvalue weighted by Crippen LogP contribution is 2.18. The molecule has 2 heterocycles. The van der Waals surface area contributed by atoms with Crippen molar-refractivity contribution in [2.45, 2.75) is 38.8 Å². The third-order valence-corrected chi connectivity index (χ3v) is 2.87. The van der Waals surface area contributed by atoms with Crippen molar-refractivity contribution in [3.63, 3.8) is 0 Å². The van der Waals surface area contributed by atoms with Gasteiger partial charge in [-0.2, -0.15) is 4.98 Å². The number of aliphatic hydroxyl groups is 1. The molecule has 0 radical (unpaired) electrons. The Bertz CT molecular complexity index is 313. The molecule has 0 amide bonds. The van der Waals surface area contributed by atoms with Gasteiger partial charge < -0.3 is 9.63 Å². The summed E-state index contributed by atoms with van der Waals surface area (Å²) >= 11 is 0. The Hall–Kier alpha value is -0.940. The van der Waals surface area contributed by atoms with Gasteiger partial charge in [-0.15, -0.1) is 0 Å². The molecule has 2 rings (SSSR count). The van der Waals surface area contributed by atoms with E-state index in [2.05, 4.69) is 15.0 Å². The van der Waals surface area contributed by atoms with Crippen LogP contribution in [0.4, 0.5) is 0 Å². The van der Waals surface area contributed by atoms with Gasteiger partial charge in [-0.25, -0.2) is 0 Å². The third kappa shape index (κ3) is 2.54. The van der Waals surface area contributed by atoms with Crippen molar-refractivity contribution in [3.8, 4) is 0 Å². The van der Waals surface area contributed by atoms with E-state index in [1.165, 1.54) is 12.8 Å². The lowest BCUT2D eigenvalue weighted by Gasteiger charge is -2.33. The first-order chi connectivity index (χ1) is 7.29. The number of aliphatic hydroxyl groups excluding tert-OH is 1. The summed E-state index contributed by atoms with van der Waals surface area (Å²) in [5.74, 6) is 1.32. The topological polar surface area (TPSA) is 62.4 Å². The highest BCUT2D eigenvalue weighted by molar-refractivity contribution is 4.87. The third-order valence-electron chi connectivity index (χ3n) is 2.87. The van der Waals surface area contributed by atoms with Gasteiger partial charge in [-0.3, -0.25) is 4.90 Å². The first-order valence-corrected chi connectivity index (χ1v) is 5.43.